The van der Waals surface area contributed by atoms with E-state index in [9.17, 15) is 8.42 Å². The molecule has 0 unspecified atom stereocenters. The summed E-state index contributed by atoms with van der Waals surface area (Å²) >= 11 is 4.13. The third-order valence-corrected chi connectivity index (χ3v) is 4.66. The van der Waals surface area contributed by atoms with Gasteiger partial charge in [-0.1, -0.05) is 24.8 Å². The molecule has 0 atom stereocenters. The van der Waals surface area contributed by atoms with Crippen LogP contribution >= 0.6 is 12.6 Å². The van der Waals surface area contributed by atoms with E-state index in [1.807, 2.05) is 0 Å². The summed E-state index contributed by atoms with van der Waals surface area (Å²) in [5.74, 6) is 0. The SMILES string of the molecule is C=Cc1ccc(S(=O)(=O)c2ccc(S)cc2)cc1. The zero-order chi connectivity index (χ0) is 13.2. The van der Waals surface area contributed by atoms with E-state index >= 15 is 0 Å². The van der Waals surface area contributed by atoms with Gasteiger partial charge in [0.15, 0.2) is 0 Å². The Kier molecular flexibility index (Phi) is 3.59. The number of hydrogen-bond acceptors (Lipinski definition) is 3. The summed E-state index contributed by atoms with van der Waals surface area (Å²) in [7, 11) is -3.45. The number of thiol groups is 1. The number of sulfone groups is 1. The summed E-state index contributed by atoms with van der Waals surface area (Å²) in [5.41, 5.74) is 0.889. The van der Waals surface area contributed by atoms with E-state index in [-0.39, 0.29) is 9.79 Å². The molecular weight excluding hydrogens is 264 g/mol. The van der Waals surface area contributed by atoms with Gasteiger partial charge in [-0.3, -0.25) is 0 Å². The van der Waals surface area contributed by atoms with Crippen molar-refractivity contribution in [2.45, 2.75) is 14.7 Å². The number of hydrogen-bond donors (Lipinski definition) is 1. The Bertz CT molecular complexity index is 654. The maximum absolute atomic E-state index is 12.3. The highest BCUT2D eigenvalue weighted by Crippen LogP contribution is 2.22. The minimum Gasteiger partial charge on any atom is -0.219 e. The summed E-state index contributed by atoms with van der Waals surface area (Å²) in [6.45, 7) is 3.63. The van der Waals surface area contributed by atoms with Crippen LogP contribution in [0.5, 0.6) is 0 Å². The van der Waals surface area contributed by atoms with Gasteiger partial charge in [0.05, 0.1) is 9.79 Å². The van der Waals surface area contributed by atoms with Crippen molar-refractivity contribution in [2.24, 2.45) is 0 Å². The molecule has 2 aromatic rings. The Morgan fingerprint density at radius 3 is 1.78 bits per heavy atom. The van der Waals surface area contributed by atoms with Crippen molar-refractivity contribution in [3.8, 4) is 0 Å². The first-order valence-corrected chi connectivity index (χ1v) is 7.24. The van der Waals surface area contributed by atoms with E-state index in [1.165, 1.54) is 0 Å². The third kappa shape index (κ3) is 2.49. The predicted octanol–water partition coefficient (Wildman–Crippen LogP) is 3.45. The second kappa shape index (κ2) is 5.00. The fourth-order valence-electron chi connectivity index (χ4n) is 1.54. The molecule has 0 fully saturated rings. The first-order chi connectivity index (χ1) is 8.54. The van der Waals surface area contributed by atoms with Crippen LogP contribution in [-0.4, -0.2) is 8.42 Å². The Morgan fingerprint density at radius 2 is 1.33 bits per heavy atom. The molecule has 2 aromatic carbocycles. The van der Waals surface area contributed by atoms with E-state index < -0.39 is 9.84 Å². The largest absolute Gasteiger partial charge is 0.219 e. The van der Waals surface area contributed by atoms with Crippen LogP contribution in [0.1, 0.15) is 5.56 Å². The third-order valence-electron chi connectivity index (χ3n) is 2.57. The molecule has 0 saturated heterocycles. The highest BCUT2D eigenvalue weighted by atomic mass is 32.2. The van der Waals surface area contributed by atoms with Gasteiger partial charge in [0.2, 0.25) is 9.84 Å². The predicted molar refractivity (Wildman–Crippen MR) is 75.7 cm³/mol. The Morgan fingerprint density at radius 1 is 0.889 bits per heavy atom. The summed E-state index contributed by atoms with van der Waals surface area (Å²) in [6, 6.07) is 13.1. The molecule has 0 radical (unpaired) electrons. The van der Waals surface area contributed by atoms with E-state index in [0.717, 1.165) is 10.5 Å². The fourth-order valence-corrected chi connectivity index (χ4v) is 2.95. The van der Waals surface area contributed by atoms with Crippen LogP contribution < -0.4 is 0 Å². The van der Waals surface area contributed by atoms with E-state index in [2.05, 4.69) is 19.2 Å². The summed E-state index contributed by atoms with van der Waals surface area (Å²) in [4.78, 5) is 1.28. The monoisotopic (exact) mass is 276 g/mol. The van der Waals surface area contributed by atoms with Crippen molar-refractivity contribution in [3.63, 3.8) is 0 Å². The normalized spacial score (nSPS) is 11.2. The minimum atomic E-state index is -3.45. The lowest BCUT2D eigenvalue weighted by atomic mass is 10.2. The van der Waals surface area contributed by atoms with E-state index in [1.54, 1.807) is 54.6 Å². The summed E-state index contributed by atoms with van der Waals surface area (Å²) < 4.78 is 24.6. The van der Waals surface area contributed by atoms with Crippen LogP contribution in [0.15, 0.2) is 69.8 Å². The molecule has 0 aliphatic heterocycles. The summed E-state index contributed by atoms with van der Waals surface area (Å²) in [6.07, 6.45) is 1.67. The second-order valence-corrected chi connectivity index (χ2v) is 6.24. The standard InChI is InChI=1S/C14H12O2S2/c1-2-11-3-7-13(8-4-11)18(15,16)14-9-5-12(17)6-10-14/h2-10,17H,1H2. The van der Waals surface area contributed by atoms with Crippen molar-refractivity contribution in [1.29, 1.82) is 0 Å². The van der Waals surface area contributed by atoms with Crippen molar-refractivity contribution >= 4 is 28.5 Å². The first kappa shape index (κ1) is 12.9. The molecule has 0 aliphatic rings. The smallest absolute Gasteiger partial charge is 0.206 e. The lowest BCUT2D eigenvalue weighted by Gasteiger charge is -2.05. The lowest BCUT2D eigenvalue weighted by Crippen LogP contribution is -2.01. The second-order valence-electron chi connectivity index (χ2n) is 3.77. The van der Waals surface area contributed by atoms with Crippen LogP contribution in [0.2, 0.25) is 0 Å². The molecule has 0 amide bonds. The molecule has 92 valence electrons. The van der Waals surface area contributed by atoms with Gasteiger partial charge >= 0.3 is 0 Å². The maximum atomic E-state index is 12.3. The van der Waals surface area contributed by atoms with Crippen LogP contribution in [0.4, 0.5) is 0 Å². The van der Waals surface area contributed by atoms with Gasteiger partial charge in [-0.05, 0) is 42.0 Å². The molecule has 2 rings (SSSR count). The molecule has 0 heterocycles. The average Bonchev–Trinajstić information content (AvgIpc) is 2.39. The van der Waals surface area contributed by atoms with Gasteiger partial charge in [0, 0.05) is 4.90 Å². The maximum Gasteiger partial charge on any atom is 0.206 e. The fraction of sp³-hybridized carbons (Fsp3) is 0. The lowest BCUT2D eigenvalue weighted by molar-refractivity contribution is 0.596. The quantitative estimate of drug-likeness (QED) is 0.871. The van der Waals surface area contributed by atoms with Gasteiger partial charge in [0.25, 0.3) is 0 Å². The molecule has 0 N–H and O–H groups in total. The number of benzene rings is 2. The van der Waals surface area contributed by atoms with Crippen molar-refractivity contribution in [3.05, 3.63) is 60.7 Å². The molecular formula is C14H12O2S2. The molecule has 18 heavy (non-hydrogen) atoms. The zero-order valence-electron chi connectivity index (χ0n) is 9.58. The molecule has 4 heteroatoms. The minimum absolute atomic E-state index is 0.270. The highest BCUT2D eigenvalue weighted by Gasteiger charge is 2.16. The highest BCUT2D eigenvalue weighted by molar-refractivity contribution is 7.91. The van der Waals surface area contributed by atoms with Gasteiger partial charge in [-0.15, -0.1) is 12.6 Å². The van der Waals surface area contributed by atoms with Crippen LogP contribution in [-0.2, 0) is 9.84 Å². The van der Waals surface area contributed by atoms with Crippen LogP contribution in [0, 0.1) is 0 Å². The Hall–Kier alpha value is -1.52. The molecule has 0 aliphatic carbocycles. The molecule has 0 bridgehead atoms. The Balaban J connectivity index is 2.47. The topological polar surface area (TPSA) is 34.1 Å². The number of rotatable bonds is 3. The van der Waals surface area contributed by atoms with E-state index in [4.69, 9.17) is 0 Å². The van der Waals surface area contributed by atoms with Gasteiger partial charge in [-0.2, -0.15) is 0 Å². The van der Waals surface area contributed by atoms with Crippen molar-refractivity contribution < 1.29 is 8.42 Å². The first-order valence-electron chi connectivity index (χ1n) is 5.30. The average molecular weight is 276 g/mol. The summed E-state index contributed by atoms with van der Waals surface area (Å²) in [5, 5.41) is 0. The van der Waals surface area contributed by atoms with Gasteiger partial charge in [0.1, 0.15) is 0 Å². The van der Waals surface area contributed by atoms with Gasteiger partial charge < -0.3 is 0 Å². The van der Waals surface area contributed by atoms with Crippen LogP contribution in [0.25, 0.3) is 6.08 Å². The Labute approximate surface area is 112 Å². The van der Waals surface area contributed by atoms with Crippen molar-refractivity contribution in [2.75, 3.05) is 0 Å². The molecule has 0 aromatic heterocycles. The molecule has 0 saturated carbocycles. The van der Waals surface area contributed by atoms with Crippen LogP contribution in [0.3, 0.4) is 0 Å². The molecule has 0 spiro atoms. The van der Waals surface area contributed by atoms with E-state index in [0.29, 0.717) is 0 Å². The zero-order valence-corrected chi connectivity index (χ0v) is 11.3. The van der Waals surface area contributed by atoms with Crippen molar-refractivity contribution in [1.82, 2.24) is 0 Å². The molecule has 2 nitrogen and oxygen atoms in total. The van der Waals surface area contributed by atoms with Gasteiger partial charge in [-0.25, -0.2) is 8.42 Å².